The molecule has 16 heavy (non-hydrogen) atoms. The lowest BCUT2D eigenvalue weighted by Crippen LogP contribution is -2.41. The van der Waals surface area contributed by atoms with Crippen LogP contribution in [0.1, 0.15) is 46.5 Å². The lowest BCUT2D eigenvalue weighted by molar-refractivity contribution is 0.183. The molecule has 0 aliphatic heterocycles. The fourth-order valence-corrected chi connectivity index (χ4v) is 3.22. The first-order valence-electron chi connectivity index (χ1n) is 6.48. The van der Waals surface area contributed by atoms with Crippen molar-refractivity contribution >= 4 is 11.8 Å². The third kappa shape index (κ3) is 6.77. The van der Waals surface area contributed by atoms with Gasteiger partial charge in [0.1, 0.15) is 0 Å². The minimum atomic E-state index is -0.203. The van der Waals surface area contributed by atoms with E-state index >= 15 is 0 Å². The van der Waals surface area contributed by atoms with E-state index in [0.717, 1.165) is 11.7 Å². The highest BCUT2D eigenvalue weighted by atomic mass is 32.2. The van der Waals surface area contributed by atoms with Crippen molar-refractivity contribution in [2.75, 3.05) is 18.1 Å². The number of hydrogen-bond donors (Lipinski definition) is 2. The summed E-state index contributed by atoms with van der Waals surface area (Å²) in [7, 11) is 0. The van der Waals surface area contributed by atoms with E-state index in [1.54, 1.807) is 0 Å². The molecule has 1 aliphatic carbocycles. The van der Waals surface area contributed by atoms with Crippen molar-refractivity contribution in [1.82, 2.24) is 5.32 Å². The average Bonchev–Trinajstić information content (AvgIpc) is 2.66. The highest BCUT2D eigenvalue weighted by molar-refractivity contribution is 7.99. The number of hydrogen-bond acceptors (Lipinski definition) is 3. The third-order valence-corrected chi connectivity index (χ3v) is 4.33. The van der Waals surface area contributed by atoms with Crippen molar-refractivity contribution in [2.45, 2.75) is 58.1 Å². The second kappa shape index (κ2) is 6.87. The molecule has 3 heteroatoms. The average molecular weight is 245 g/mol. The van der Waals surface area contributed by atoms with E-state index in [1.807, 2.05) is 11.8 Å². The van der Waals surface area contributed by atoms with Crippen LogP contribution in [0.2, 0.25) is 0 Å². The molecule has 96 valence electrons. The molecule has 1 saturated carbocycles. The zero-order valence-corrected chi connectivity index (χ0v) is 11.8. The Balaban J connectivity index is 1.99. The smallest absolute Gasteiger partial charge is 0.0755 e. The van der Waals surface area contributed by atoms with E-state index in [1.165, 1.54) is 31.4 Å². The van der Waals surface area contributed by atoms with Gasteiger partial charge in [-0.2, -0.15) is 11.8 Å². The molecule has 0 aromatic carbocycles. The van der Waals surface area contributed by atoms with Gasteiger partial charge in [-0.05, 0) is 45.3 Å². The maximum Gasteiger partial charge on any atom is 0.0755 e. The molecule has 0 aromatic rings. The first kappa shape index (κ1) is 14.3. The van der Waals surface area contributed by atoms with Gasteiger partial charge < -0.3 is 10.4 Å². The second-order valence-corrected chi connectivity index (χ2v) is 7.05. The second-order valence-electron chi connectivity index (χ2n) is 5.97. The zero-order valence-electron chi connectivity index (χ0n) is 11.0. The van der Waals surface area contributed by atoms with Gasteiger partial charge in [0, 0.05) is 17.8 Å². The Bertz CT molecular complexity index is 185. The Hall–Kier alpha value is 0.270. The van der Waals surface area contributed by atoms with Gasteiger partial charge >= 0.3 is 0 Å². The summed E-state index contributed by atoms with van der Waals surface area (Å²) in [6.07, 6.45) is 5.44. The van der Waals surface area contributed by atoms with Crippen LogP contribution in [0.15, 0.2) is 0 Å². The van der Waals surface area contributed by atoms with E-state index in [4.69, 9.17) is 0 Å². The molecular weight excluding hydrogens is 218 g/mol. The lowest BCUT2D eigenvalue weighted by Gasteiger charge is -2.23. The first-order chi connectivity index (χ1) is 7.47. The Morgan fingerprint density at radius 1 is 1.31 bits per heavy atom. The largest absolute Gasteiger partial charge is 0.391 e. The van der Waals surface area contributed by atoms with Crippen molar-refractivity contribution < 1.29 is 5.11 Å². The minimum absolute atomic E-state index is 0.108. The maximum absolute atomic E-state index is 9.80. The molecule has 1 rings (SSSR count). The number of aliphatic hydroxyl groups is 1. The first-order valence-corrected chi connectivity index (χ1v) is 7.64. The van der Waals surface area contributed by atoms with E-state index in [-0.39, 0.29) is 11.6 Å². The normalized spacial score (nSPS) is 20.2. The Morgan fingerprint density at radius 3 is 2.50 bits per heavy atom. The Morgan fingerprint density at radius 2 is 1.94 bits per heavy atom. The number of β-amino-alcohol motifs (C(OH)–C–C–N with tert-alkyl or cyclic N) is 1. The van der Waals surface area contributed by atoms with Gasteiger partial charge in [-0.15, -0.1) is 0 Å². The van der Waals surface area contributed by atoms with Crippen LogP contribution in [-0.4, -0.2) is 34.8 Å². The van der Waals surface area contributed by atoms with Crippen LogP contribution in [0.25, 0.3) is 0 Å². The van der Waals surface area contributed by atoms with Crippen molar-refractivity contribution in [3.8, 4) is 0 Å². The van der Waals surface area contributed by atoms with Gasteiger partial charge in [0.2, 0.25) is 0 Å². The molecule has 1 aliphatic rings. The molecule has 0 bridgehead atoms. The SMILES string of the molecule is CC(C)(C)NCC(O)CSCC1CCCC1. The van der Waals surface area contributed by atoms with Crippen LogP contribution in [0, 0.1) is 5.92 Å². The summed E-state index contributed by atoms with van der Waals surface area (Å²) in [6.45, 7) is 7.10. The van der Waals surface area contributed by atoms with Crippen LogP contribution in [-0.2, 0) is 0 Å². The molecule has 0 aromatic heterocycles. The van der Waals surface area contributed by atoms with Crippen molar-refractivity contribution in [1.29, 1.82) is 0 Å². The number of aliphatic hydroxyl groups excluding tert-OH is 1. The van der Waals surface area contributed by atoms with Gasteiger partial charge in [0.15, 0.2) is 0 Å². The van der Waals surface area contributed by atoms with E-state index in [2.05, 4.69) is 26.1 Å². The molecule has 1 atom stereocenters. The molecule has 0 saturated heterocycles. The summed E-state index contributed by atoms with van der Waals surface area (Å²) >= 11 is 1.92. The van der Waals surface area contributed by atoms with Crippen LogP contribution < -0.4 is 5.32 Å². The highest BCUT2D eigenvalue weighted by Gasteiger charge is 2.16. The summed E-state index contributed by atoms with van der Waals surface area (Å²) in [4.78, 5) is 0. The molecule has 0 amide bonds. The zero-order chi connectivity index (χ0) is 12.0. The van der Waals surface area contributed by atoms with E-state index in [9.17, 15) is 5.11 Å². The summed E-state index contributed by atoms with van der Waals surface area (Å²) in [6, 6.07) is 0. The number of rotatable bonds is 6. The quantitative estimate of drug-likeness (QED) is 0.754. The van der Waals surface area contributed by atoms with Crippen molar-refractivity contribution in [3.05, 3.63) is 0 Å². The third-order valence-electron chi connectivity index (χ3n) is 3.01. The van der Waals surface area contributed by atoms with Crippen LogP contribution in [0.4, 0.5) is 0 Å². The number of nitrogens with one attached hydrogen (secondary N) is 1. The van der Waals surface area contributed by atoms with Crippen LogP contribution >= 0.6 is 11.8 Å². The summed E-state index contributed by atoms with van der Waals surface area (Å²) in [5.41, 5.74) is 0.108. The predicted octanol–water partition coefficient (Wildman–Crippen LogP) is 2.66. The molecule has 0 radical (unpaired) electrons. The molecule has 2 N–H and O–H groups in total. The summed E-state index contributed by atoms with van der Waals surface area (Å²) in [5.74, 6) is 3.04. The predicted molar refractivity (Wildman–Crippen MR) is 73.0 cm³/mol. The molecule has 1 fully saturated rings. The molecule has 0 spiro atoms. The maximum atomic E-state index is 9.80. The Labute approximate surface area is 105 Å². The van der Waals surface area contributed by atoms with Gasteiger partial charge in [0.05, 0.1) is 6.10 Å². The summed E-state index contributed by atoms with van der Waals surface area (Å²) < 4.78 is 0. The van der Waals surface area contributed by atoms with E-state index in [0.29, 0.717) is 6.54 Å². The van der Waals surface area contributed by atoms with Crippen molar-refractivity contribution in [2.24, 2.45) is 5.92 Å². The summed E-state index contributed by atoms with van der Waals surface area (Å²) in [5, 5.41) is 13.1. The molecular formula is C13H27NOS. The number of thioether (sulfide) groups is 1. The van der Waals surface area contributed by atoms with Gasteiger partial charge in [-0.25, -0.2) is 0 Å². The fourth-order valence-electron chi connectivity index (χ4n) is 2.03. The van der Waals surface area contributed by atoms with Crippen molar-refractivity contribution in [3.63, 3.8) is 0 Å². The molecule has 1 unspecified atom stereocenters. The standard InChI is InChI=1S/C13H27NOS/c1-13(2,3)14-8-12(15)10-16-9-11-6-4-5-7-11/h11-12,14-15H,4-10H2,1-3H3. The molecule has 0 heterocycles. The Kier molecular flexibility index (Phi) is 6.16. The van der Waals surface area contributed by atoms with Gasteiger partial charge in [0.25, 0.3) is 0 Å². The monoisotopic (exact) mass is 245 g/mol. The molecule has 2 nitrogen and oxygen atoms in total. The van der Waals surface area contributed by atoms with Crippen LogP contribution in [0.5, 0.6) is 0 Å². The topological polar surface area (TPSA) is 32.3 Å². The van der Waals surface area contributed by atoms with Crippen LogP contribution in [0.3, 0.4) is 0 Å². The van der Waals surface area contributed by atoms with E-state index < -0.39 is 0 Å². The fraction of sp³-hybridized carbons (Fsp3) is 1.00. The van der Waals surface area contributed by atoms with Gasteiger partial charge in [-0.3, -0.25) is 0 Å². The highest BCUT2D eigenvalue weighted by Crippen LogP contribution is 2.27. The lowest BCUT2D eigenvalue weighted by atomic mass is 10.1. The van der Waals surface area contributed by atoms with Gasteiger partial charge in [-0.1, -0.05) is 12.8 Å². The minimum Gasteiger partial charge on any atom is -0.391 e.